The number of aromatic nitrogens is 4. The second-order valence-electron chi connectivity index (χ2n) is 3.38. The first-order valence-electron chi connectivity index (χ1n) is 4.58. The molecule has 0 bridgehead atoms. The van der Waals surface area contributed by atoms with E-state index in [1.54, 1.807) is 4.68 Å². The van der Waals surface area contributed by atoms with Crippen LogP contribution in [0.25, 0.3) is 0 Å². The van der Waals surface area contributed by atoms with Crippen molar-refractivity contribution in [2.24, 2.45) is 12.8 Å². The van der Waals surface area contributed by atoms with Crippen LogP contribution < -0.4 is 10.6 Å². The lowest BCUT2D eigenvalue weighted by Gasteiger charge is -2.20. The van der Waals surface area contributed by atoms with Gasteiger partial charge in [0, 0.05) is 26.2 Å². The highest BCUT2D eigenvalue weighted by molar-refractivity contribution is 5.28. The molecule has 0 radical (unpaired) electrons. The Morgan fingerprint density at radius 2 is 2.43 bits per heavy atom. The van der Waals surface area contributed by atoms with Gasteiger partial charge in [0.25, 0.3) is 0 Å². The van der Waals surface area contributed by atoms with Gasteiger partial charge in [-0.15, -0.1) is 0 Å². The quantitative estimate of drug-likeness (QED) is 0.583. The van der Waals surface area contributed by atoms with Crippen LogP contribution in [-0.2, 0) is 11.8 Å². The largest absolute Gasteiger partial charge is 0.378 e. The van der Waals surface area contributed by atoms with Crippen LogP contribution in [0.1, 0.15) is 0 Å². The number of hydrogen-bond acceptors (Lipinski definition) is 6. The molecule has 0 aromatic carbocycles. The Morgan fingerprint density at radius 3 is 3.14 bits per heavy atom. The summed E-state index contributed by atoms with van der Waals surface area (Å²) in [6.07, 6.45) is 0. The fraction of sp³-hybridized carbons (Fsp3) is 0.857. The average molecular weight is 198 g/mol. The van der Waals surface area contributed by atoms with E-state index >= 15 is 0 Å². The maximum atomic E-state index is 5.84. The first-order valence-corrected chi connectivity index (χ1v) is 4.58. The van der Waals surface area contributed by atoms with E-state index in [9.17, 15) is 0 Å². The molecule has 0 spiro atoms. The summed E-state index contributed by atoms with van der Waals surface area (Å²) in [4.78, 5) is 2.04. The molecule has 1 atom stereocenters. The van der Waals surface area contributed by atoms with E-state index in [0.717, 1.165) is 19.0 Å². The third-order valence-electron chi connectivity index (χ3n) is 2.17. The first kappa shape index (κ1) is 9.35. The fourth-order valence-electron chi connectivity index (χ4n) is 1.51. The molecule has 14 heavy (non-hydrogen) atoms. The number of aryl methyl sites for hydroxylation is 1. The van der Waals surface area contributed by atoms with Gasteiger partial charge in [-0.1, -0.05) is 5.10 Å². The molecule has 78 valence electrons. The molecule has 1 aromatic rings. The highest BCUT2D eigenvalue weighted by Gasteiger charge is 2.19. The van der Waals surface area contributed by atoms with Crippen molar-refractivity contribution in [3.63, 3.8) is 0 Å². The van der Waals surface area contributed by atoms with Crippen molar-refractivity contribution in [3.8, 4) is 0 Å². The molecular weight excluding hydrogens is 184 g/mol. The van der Waals surface area contributed by atoms with Crippen molar-refractivity contribution in [2.75, 3.05) is 31.2 Å². The summed E-state index contributed by atoms with van der Waals surface area (Å²) < 4.78 is 6.97. The van der Waals surface area contributed by atoms with Crippen molar-refractivity contribution in [1.29, 1.82) is 0 Å². The molecule has 1 fully saturated rings. The molecular formula is C7H14N6O. The lowest BCUT2D eigenvalue weighted by Crippen LogP contribution is -2.39. The monoisotopic (exact) mass is 198 g/mol. The minimum atomic E-state index is 0.0224. The van der Waals surface area contributed by atoms with Crippen molar-refractivity contribution >= 4 is 5.95 Å². The number of ether oxygens (including phenoxy) is 1. The predicted molar refractivity (Wildman–Crippen MR) is 49.8 cm³/mol. The second-order valence-corrected chi connectivity index (χ2v) is 3.38. The zero-order valence-electron chi connectivity index (χ0n) is 8.13. The van der Waals surface area contributed by atoms with E-state index in [2.05, 4.69) is 15.5 Å². The molecule has 1 aliphatic rings. The average Bonchev–Trinajstić information content (AvgIpc) is 2.45. The summed E-state index contributed by atoms with van der Waals surface area (Å²) in [6.45, 7) is 2.78. The molecule has 7 nitrogen and oxygen atoms in total. The number of anilines is 1. The number of tetrazole rings is 1. The van der Waals surface area contributed by atoms with E-state index < -0.39 is 0 Å². The van der Waals surface area contributed by atoms with Crippen molar-refractivity contribution in [3.05, 3.63) is 0 Å². The highest BCUT2D eigenvalue weighted by atomic mass is 16.5. The van der Waals surface area contributed by atoms with Gasteiger partial charge in [0.1, 0.15) is 0 Å². The third-order valence-corrected chi connectivity index (χ3v) is 2.17. The van der Waals surface area contributed by atoms with E-state index in [1.807, 2.05) is 11.9 Å². The van der Waals surface area contributed by atoms with Gasteiger partial charge < -0.3 is 15.4 Å². The summed E-state index contributed by atoms with van der Waals surface area (Å²) in [7, 11) is 1.81. The van der Waals surface area contributed by atoms with Crippen LogP contribution in [0.4, 0.5) is 5.95 Å². The molecule has 1 aliphatic heterocycles. The predicted octanol–water partition coefficient (Wildman–Crippen LogP) is -1.63. The van der Waals surface area contributed by atoms with Crippen LogP contribution >= 0.6 is 0 Å². The highest BCUT2D eigenvalue weighted by Crippen LogP contribution is 2.08. The molecule has 1 unspecified atom stereocenters. The summed E-state index contributed by atoms with van der Waals surface area (Å²) >= 11 is 0. The number of hydrogen-bond donors (Lipinski definition) is 1. The molecule has 0 saturated carbocycles. The normalized spacial score (nSPS) is 23.6. The maximum Gasteiger partial charge on any atom is 0.245 e. The summed E-state index contributed by atoms with van der Waals surface area (Å²) in [6, 6.07) is 0.0224. The Hall–Kier alpha value is -1.21. The van der Waals surface area contributed by atoms with Crippen LogP contribution in [0.15, 0.2) is 0 Å². The molecule has 0 amide bonds. The Morgan fingerprint density at radius 1 is 1.57 bits per heavy atom. The Bertz CT molecular complexity index is 300. The summed E-state index contributed by atoms with van der Waals surface area (Å²) in [5, 5.41) is 11.3. The Balaban J connectivity index is 2.13. The summed E-state index contributed by atoms with van der Waals surface area (Å²) in [5.74, 6) is 0.742. The standard InChI is InChI=1S/C7H14N6O/c1-12-7(9-10-11-12)13-2-3-14-5-6(8)4-13/h6H,2-5,8H2,1H3. The van der Waals surface area contributed by atoms with Crippen molar-refractivity contribution < 1.29 is 4.74 Å². The van der Waals surface area contributed by atoms with E-state index in [0.29, 0.717) is 13.2 Å². The number of rotatable bonds is 1. The van der Waals surface area contributed by atoms with Crippen LogP contribution in [-0.4, -0.2) is 52.6 Å². The molecule has 2 N–H and O–H groups in total. The lowest BCUT2D eigenvalue weighted by atomic mass is 10.3. The molecule has 2 rings (SSSR count). The van der Waals surface area contributed by atoms with Gasteiger partial charge in [0.15, 0.2) is 0 Å². The summed E-state index contributed by atoms with van der Waals surface area (Å²) in [5.41, 5.74) is 5.84. The van der Waals surface area contributed by atoms with Crippen LogP contribution in [0.5, 0.6) is 0 Å². The number of nitrogens with two attached hydrogens (primary N) is 1. The van der Waals surface area contributed by atoms with Crippen LogP contribution in [0, 0.1) is 0 Å². The van der Waals surface area contributed by atoms with Crippen molar-refractivity contribution in [1.82, 2.24) is 20.2 Å². The van der Waals surface area contributed by atoms with Crippen LogP contribution in [0.3, 0.4) is 0 Å². The molecule has 7 heteroatoms. The number of nitrogens with zero attached hydrogens (tertiary/aromatic N) is 5. The second kappa shape index (κ2) is 3.89. The smallest absolute Gasteiger partial charge is 0.245 e. The molecule has 1 aromatic heterocycles. The van der Waals surface area contributed by atoms with E-state index in [-0.39, 0.29) is 6.04 Å². The topological polar surface area (TPSA) is 82.1 Å². The molecule has 0 aliphatic carbocycles. The Kier molecular flexibility index (Phi) is 2.60. The van der Waals surface area contributed by atoms with Gasteiger partial charge in [-0.3, -0.25) is 0 Å². The van der Waals surface area contributed by atoms with Gasteiger partial charge >= 0.3 is 0 Å². The van der Waals surface area contributed by atoms with Gasteiger partial charge in [-0.25, -0.2) is 4.68 Å². The SMILES string of the molecule is Cn1nnnc1N1CCOCC(N)C1. The first-order chi connectivity index (χ1) is 6.77. The molecule has 1 saturated heterocycles. The van der Waals surface area contributed by atoms with Gasteiger partial charge in [-0.2, -0.15) is 0 Å². The van der Waals surface area contributed by atoms with Gasteiger partial charge in [-0.05, 0) is 10.4 Å². The Labute approximate surface area is 81.8 Å². The maximum absolute atomic E-state index is 5.84. The van der Waals surface area contributed by atoms with Crippen LogP contribution in [0.2, 0.25) is 0 Å². The molecule has 2 heterocycles. The van der Waals surface area contributed by atoms with E-state index in [1.165, 1.54) is 0 Å². The zero-order chi connectivity index (χ0) is 9.97. The van der Waals surface area contributed by atoms with E-state index in [4.69, 9.17) is 10.5 Å². The van der Waals surface area contributed by atoms with Gasteiger partial charge in [0.05, 0.1) is 13.2 Å². The fourth-order valence-corrected chi connectivity index (χ4v) is 1.51. The van der Waals surface area contributed by atoms with Gasteiger partial charge in [0.2, 0.25) is 5.95 Å². The van der Waals surface area contributed by atoms with Crippen molar-refractivity contribution in [2.45, 2.75) is 6.04 Å². The zero-order valence-corrected chi connectivity index (χ0v) is 8.13. The third kappa shape index (κ3) is 1.83. The minimum absolute atomic E-state index is 0.0224. The lowest BCUT2D eigenvalue weighted by molar-refractivity contribution is 0.142. The minimum Gasteiger partial charge on any atom is -0.378 e.